The van der Waals surface area contributed by atoms with Gasteiger partial charge in [0.1, 0.15) is 5.82 Å². The van der Waals surface area contributed by atoms with Crippen molar-refractivity contribution in [2.24, 2.45) is 0 Å². The molecular formula is C16H20FNS. The summed E-state index contributed by atoms with van der Waals surface area (Å²) >= 11 is 1.77. The number of aryl methyl sites for hydroxylation is 2. The van der Waals surface area contributed by atoms with E-state index < -0.39 is 0 Å². The molecule has 102 valence electrons. The van der Waals surface area contributed by atoms with Crippen LogP contribution in [-0.4, -0.2) is 6.54 Å². The molecule has 2 rings (SSSR count). The van der Waals surface area contributed by atoms with Gasteiger partial charge in [0.25, 0.3) is 0 Å². The Bertz CT molecular complexity index is 547. The number of hydrogen-bond acceptors (Lipinski definition) is 2. The standard InChI is InChI=1S/C16H20FNS/c1-4-12-8-9-19-16(12)15(18-5-2)14-7-6-13(17)10-11(14)3/h6-10,15,18H,4-5H2,1-3H3. The summed E-state index contributed by atoms with van der Waals surface area (Å²) in [5.41, 5.74) is 3.54. The van der Waals surface area contributed by atoms with Crippen LogP contribution in [-0.2, 0) is 6.42 Å². The maximum atomic E-state index is 13.3. The first-order chi connectivity index (χ1) is 9.17. The molecule has 0 radical (unpaired) electrons. The second-order valence-electron chi connectivity index (χ2n) is 4.66. The minimum Gasteiger partial charge on any atom is -0.306 e. The van der Waals surface area contributed by atoms with Crippen molar-refractivity contribution >= 4 is 11.3 Å². The molecule has 1 N–H and O–H groups in total. The topological polar surface area (TPSA) is 12.0 Å². The molecule has 1 nitrogen and oxygen atoms in total. The molecule has 1 heterocycles. The zero-order valence-corrected chi connectivity index (χ0v) is 12.5. The average molecular weight is 277 g/mol. The van der Waals surface area contributed by atoms with Crippen molar-refractivity contribution in [1.82, 2.24) is 5.32 Å². The molecule has 3 heteroatoms. The highest BCUT2D eigenvalue weighted by Gasteiger charge is 2.19. The summed E-state index contributed by atoms with van der Waals surface area (Å²) in [5.74, 6) is -0.168. The van der Waals surface area contributed by atoms with Gasteiger partial charge in [0, 0.05) is 4.88 Å². The van der Waals surface area contributed by atoms with E-state index in [1.165, 1.54) is 16.0 Å². The Labute approximate surface area is 118 Å². The average Bonchev–Trinajstić information content (AvgIpc) is 2.85. The van der Waals surface area contributed by atoms with Gasteiger partial charge in [-0.15, -0.1) is 11.3 Å². The highest BCUT2D eigenvalue weighted by molar-refractivity contribution is 7.10. The molecule has 1 aromatic carbocycles. The van der Waals surface area contributed by atoms with Gasteiger partial charge in [0.05, 0.1) is 6.04 Å². The summed E-state index contributed by atoms with van der Waals surface area (Å²) in [5, 5.41) is 5.66. The van der Waals surface area contributed by atoms with E-state index in [1.54, 1.807) is 23.5 Å². The van der Waals surface area contributed by atoms with E-state index in [0.29, 0.717) is 0 Å². The second-order valence-corrected chi connectivity index (χ2v) is 5.60. The van der Waals surface area contributed by atoms with Gasteiger partial charge in [-0.3, -0.25) is 0 Å². The smallest absolute Gasteiger partial charge is 0.123 e. The number of benzene rings is 1. The lowest BCUT2D eigenvalue weighted by Gasteiger charge is -2.21. The first-order valence-electron chi connectivity index (χ1n) is 6.73. The molecule has 0 aliphatic carbocycles. The Hall–Kier alpha value is -1.19. The predicted molar refractivity (Wildman–Crippen MR) is 80.4 cm³/mol. The fourth-order valence-electron chi connectivity index (χ4n) is 2.40. The van der Waals surface area contributed by atoms with Gasteiger partial charge in [-0.25, -0.2) is 4.39 Å². The van der Waals surface area contributed by atoms with Crippen molar-refractivity contribution in [1.29, 1.82) is 0 Å². The van der Waals surface area contributed by atoms with Crippen LogP contribution < -0.4 is 5.32 Å². The van der Waals surface area contributed by atoms with Crippen molar-refractivity contribution in [3.63, 3.8) is 0 Å². The molecule has 1 atom stereocenters. The van der Waals surface area contributed by atoms with Crippen LogP contribution in [0.2, 0.25) is 0 Å². The number of halogens is 1. The minimum atomic E-state index is -0.168. The summed E-state index contributed by atoms with van der Waals surface area (Å²) in [6, 6.07) is 7.41. The fourth-order valence-corrected chi connectivity index (χ4v) is 3.49. The van der Waals surface area contributed by atoms with E-state index in [1.807, 2.05) is 13.0 Å². The largest absolute Gasteiger partial charge is 0.306 e. The third kappa shape index (κ3) is 3.04. The quantitative estimate of drug-likeness (QED) is 0.851. The zero-order chi connectivity index (χ0) is 13.8. The molecule has 0 aliphatic heterocycles. The van der Waals surface area contributed by atoms with Gasteiger partial charge in [-0.1, -0.05) is 19.9 Å². The van der Waals surface area contributed by atoms with Crippen molar-refractivity contribution in [3.05, 3.63) is 57.0 Å². The summed E-state index contributed by atoms with van der Waals surface area (Å²) in [7, 11) is 0. The number of hydrogen-bond donors (Lipinski definition) is 1. The highest BCUT2D eigenvalue weighted by Crippen LogP contribution is 2.32. The molecule has 0 spiro atoms. The van der Waals surface area contributed by atoms with E-state index in [2.05, 4.69) is 30.6 Å². The summed E-state index contributed by atoms with van der Waals surface area (Å²) in [4.78, 5) is 1.35. The van der Waals surface area contributed by atoms with E-state index >= 15 is 0 Å². The Morgan fingerprint density at radius 3 is 2.68 bits per heavy atom. The lowest BCUT2D eigenvalue weighted by Crippen LogP contribution is -2.22. The molecule has 0 saturated carbocycles. The van der Waals surface area contributed by atoms with Crippen molar-refractivity contribution < 1.29 is 4.39 Å². The zero-order valence-electron chi connectivity index (χ0n) is 11.7. The van der Waals surface area contributed by atoms with Crippen molar-refractivity contribution in [2.75, 3.05) is 6.54 Å². The van der Waals surface area contributed by atoms with Crippen LogP contribution >= 0.6 is 11.3 Å². The first-order valence-corrected chi connectivity index (χ1v) is 7.61. The van der Waals surface area contributed by atoms with Gasteiger partial charge in [0.2, 0.25) is 0 Å². The lowest BCUT2D eigenvalue weighted by atomic mass is 9.97. The van der Waals surface area contributed by atoms with Crippen LogP contribution in [0.3, 0.4) is 0 Å². The predicted octanol–water partition coefficient (Wildman–Crippen LogP) is 4.46. The van der Waals surface area contributed by atoms with E-state index in [4.69, 9.17) is 0 Å². The maximum Gasteiger partial charge on any atom is 0.123 e. The van der Waals surface area contributed by atoms with Gasteiger partial charge in [-0.2, -0.15) is 0 Å². The van der Waals surface area contributed by atoms with E-state index in [9.17, 15) is 4.39 Å². The molecule has 0 fully saturated rings. The van der Waals surface area contributed by atoms with Gasteiger partial charge >= 0.3 is 0 Å². The van der Waals surface area contributed by atoms with Crippen LogP contribution in [0.5, 0.6) is 0 Å². The molecule has 0 bridgehead atoms. The van der Waals surface area contributed by atoms with Crippen LogP contribution in [0.15, 0.2) is 29.6 Å². The first kappa shape index (κ1) is 14.2. The Kier molecular flexibility index (Phi) is 4.72. The second kappa shape index (κ2) is 6.31. The third-order valence-corrected chi connectivity index (χ3v) is 4.40. The molecule has 0 amide bonds. The van der Waals surface area contributed by atoms with Crippen LogP contribution in [0.1, 0.15) is 41.5 Å². The Morgan fingerprint density at radius 1 is 1.26 bits per heavy atom. The Morgan fingerprint density at radius 2 is 2.05 bits per heavy atom. The Balaban J connectivity index is 2.45. The van der Waals surface area contributed by atoms with Crippen LogP contribution in [0.25, 0.3) is 0 Å². The van der Waals surface area contributed by atoms with Crippen LogP contribution in [0.4, 0.5) is 4.39 Å². The molecule has 2 aromatic rings. The van der Waals surface area contributed by atoms with Gasteiger partial charge in [-0.05, 0) is 60.2 Å². The highest BCUT2D eigenvalue weighted by atomic mass is 32.1. The molecule has 0 aliphatic rings. The van der Waals surface area contributed by atoms with Crippen molar-refractivity contribution in [3.8, 4) is 0 Å². The molecule has 1 aromatic heterocycles. The SMILES string of the molecule is CCNC(c1ccc(F)cc1C)c1sccc1CC. The molecule has 1 unspecified atom stereocenters. The normalized spacial score (nSPS) is 12.6. The third-order valence-electron chi connectivity index (χ3n) is 3.37. The summed E-state index contributed by atoms with van der Waals surface area (Å²) < 4.78 is 13.3. The lowest BCUT2D eigenvalue weighted by molar-refractivity contribution is 0.612. The van der Waals surface area contributed by atoms with E-state index in [0.717, 1.165) is 18.5 Å². The minimum absolute atomic E-state index is 0.167. The number of thiophene rings is 1. The maximum absolute atomic E-state index is 13.3. The molecular weight excluding hydrogens is 257 g/mol. The van der Waals surface area contributed by atoms with Gasteiger partial charge in [0.15, 0.2) is 0 Å². The fraction of sp³-hybridized carbons (Fsp3) is 0.375. The molecule has 0 saturated heterocycles. The van der Waals surface area contributed by atoms with Crippen molar-refractivity contribution in [2.45, 2.75) is 33.2 Å². The van der Waals surface area contributed by atoms with Gasteiger partial charge < -0.3 is 5.32 Å². The summed E-state index contributed by atoms with van der Waals surface area (Å²) in [6.45, 7) is 7.14. The summed E-state index contributed by atoms with van der Waals surface area (Å²) in [6.07, 6.45) is 1.03. The molecule has 19 heavy (non-hydrogen) atoms. The number of rotatable bonds is 5. The monoisotopic (exact) mass is 277 g/mol. The number of nitrogens with one attached hydrogen (secondary N) is 1. The van der Waals surface area contributed by atoms with Crippen LogP contribution in [0, 0.1) is 12.7 Å². The van der Waals surface area contributed by atoms with E-state index in [-0.39, 0.29) is 11.9 Å².